The number of nitrogens with zero attached hydrogens (tertiary/aromatic N) is 1. The molecule has 0 aromatic heterocycles. The van der Waals surface area contributed by atoms with Crippen molar-refractivity contribution in [1.82, 2.24) is 4.90 Å². The summed E-state index contributed by atoms with van der Waals surface area (Å²) in [4.78, 5) is 2.59. The van der Waals surface area contributed by atoms with Gasteiger partial charge in [0.2, 0.25) is 0 Å². The maximum Gasteiger partial charge on any atom is 0.0463 e. The van der Waals surface area contributed by atoms with Crippen LogP contribution < -0.4 is 0 Å². The van der Waals surface area contributed by atoms with Gasteiger partial charge in [-0.2, -0.15) is 0 Å². The van der Waals surface area contributed by atoms with E-state index in [4.69, 9.17) is 0 Å². The van der Waals surface area contributed by atoms with Crippen LogP contribution in [-0.4, -0.2) is 18.0 Å². The lowest BCUT2D eigenvalue weighted by Crippen LogP contribution is -2.17. The van der Waals surface area contributed by atoms with Gasteiger partial charge in [0.15, 0.2) is 0 Å². The topological polar surface area (TPSA) is 3.01 Å². The van der Waals surface area contributed by atoms with Crippen LogP contribution in [0.25, 0.3) is 0 Å². The Bertz CT molecular complexity index is 283. The van der Waals surface area contributed by atoms with Gasteiger partial charge < -0.3 is 0 Å². The van der Waals surface area contributed by atoms with Crippen LogP contribution in [0.4, 0.5) is 0 Å². The van der Waals surface area contributed by atoms with Gasteiger partial charge in [-0.1, -0.05) is 30.3 Å². The molecule has 0 spiro atoms. The minimum atomic E-state index is 0.487. The van der Waals surface area contributed by atoms with Crippen molar-refractivity contribution in [3.8, 4) is 0 Å². The van der Waals surface area contributed by atoms with Crippen LogP contribution in [0.1, 0.15) is 18.4 Å². The van der Waals surface area contributed by atoms with E-state index in [2.05, 4.69) is 35.2 Å². The summed E-state index contributed by atoms with van der Waals surface area (Å²) >= 11 is 0. The van der Waals surface area contributed by atoms with Gasteiger partial charge in [0.25, 0.3) is 0 Å². The summed E-state index contributed by atoms with van der Waals surface area (Å²) in [6.07, 6.45) is 2.74. The van der Waals surface area contributed by atoms with E-state index < -0.39 is 0 Å². The van der Waals surface area contributed by atoms with Gasteiger partial charge in [-0.25, -0.2) is 0 Å². The Morgan fingerprint density at radius 2 is 1.67 bits per heavy atom. The lowest BCUT2D eigenvalue weighted by atomic mass is 10.1. The van der Waals surface area contributed by atoms with Crippen molar-refractivity contribution in [2.24, 2.45) is 0 Å². The van der Waals surface area contributed by atoms with Gasteiger partial charge in [-0.15, -0.1) is 0 Å². The first-order valence-electron chi connectivity index (χ1n) is 4.72. The second-order valence-electron chi connectivity index (χ2n) is 3.88. The molecule has 62 valence electrons. The Hall–Kier alpha value is -0.820. The molecule has 0 amide bonds. The summed E-state index contributed by atoms with van der Waals surface area (Å²) in [5, 5.41) is 0. The van der Waals surface area contributed by atoms with Crippen molar-refractivity contribution < 1.29 is 0 Å². The normalized spacial score (nSPS) is 25.3. The maximum absolute atomic E-state index is 2.59. The first-order valence-corrected chi connectivity index (χ1v) is 4.72. The Morgan fingerprint density at radius 3 is 2.17 bits per heavy atom. The number of benzene rings is 1. The van der Waals surface area contributed by atoms with E-state index in [1.807, 2.05) is 0 Å². The number of rotatable bonds is 2. The van der Waals surface area contributed by atoms with E-state index in [1.54, 1.807) is 0 Å². The highest BCUT2D eigenvalue weighted by Crippen LogP contribution is 2.53. The van der Waals surface area contributed by atoms with E-state index in [0.717, 1.165) is 0 Å². The summed E-state index contributed by atoms with van der Waals surface area (Å²) in [7, 11) is 0. The molecular formula is C11H13N. The van der Waals surface area contributed by atoms with Gasteiger partial charge >= 0.3 is 0 Å². The third kappa shape index (κ3) is 0.831. The summed E-state index contributed by atoms with van der Waals surface area (Å²) in [5.41, 5.74) is 2.02. The predicted molar refractivity (Wildman–Crippen MR) is 48.9 cm³/mol. The molecule has 0 unspecified atom stereocenters. The molecule has 0 bridgehead atoms. The maximum atomic E-state index is 2.59. The van der Waals surface area contributed by atoms with E-state index in [9.17, 15) is 0 Å². The second kappa shape index (κ2) is 2.11. The van der Waals surface area contributed by atoms with E-state index in [1.165, 1.54) is 31.5 Å². The van der Waals surface area contributed by atoms with Crippen LogP contribution in [0.2, 0.25) is 0 Å². The van der Waals surface area contributed by atoms with Crippen molar-refractivity contribution in [2.45, 2.75) is 18.4 Å². The van der Waals surface area contributed by atoms with Crippen molar-refractivity contribution in [3.63, 3.8) is 0 Å². The van der Waals surface area contributed by atoms with Crippen molar-refractivity contribution in [1.29, 1.82) is 0 Å². The van der Waals surface area contributed by atoms with Gasteiger partial charge in [-0.3, -0.25) is 4.90 Å². The summed E-state index contributed by atoms with van der Waals surface area (Å²) in [6.45, 7) is 2.63. The third-order valence-electron chi connectivity index (χ3n) is 3.09. The van der Waals surface area contributed by atoms with E-state index >= 15 is 0 Å². The quantitative estimate of drug-likeness (QED) is 0.596. The molecule has 0 N–H and O–H groups in total. The molecule has 2 aliphatic rings. The van der Waals surface area contributed by atoms with Crippen LogP contribution in [-0.2, 0) is 5.54 Å². The van der Waals surface area contributed by atoms with Crippen LogP contribution in [0.15, 0.2) is 30.3 Å². The van der Waals surface area contributed by atoms with Gasteiger partial charge in [0.1, 0.15) is 0 Å². The highest BCUT2D eigenvalue weighted by atomic mass is 15.3. The molecule has 1 nitrogen and oxygen atoms in total. The van der Waals surface area contributed by atoms with Gasteiger partial charge in [0, 0.05) is 18.6 Å². The lowest BCUT2D eigenvalue weighted by Gasteiger charge is -2.16. The molecule has 1 saturated heterocycles. The summed E-state index contributed by atoms with van der Waals surface area (Å²) in [6, 6.07) is 10.9. The average molecular weight is 159 g/mol. The average Bonchev–Trinajstić information content (AvgIpc) is 2.99. The molecular weight excluding hydrogens is 146 g/mol. The summed E-state index contributed by atoms with van der Waals surface area (Å²) in [5.74, 6) is 0. The van der Waals surface area contributed by atoms with Crippen LogP contribution >= 0.6 is 0 Å². The molecule has 12 heavy (non-hydrogen) atoms. The fraction of sp³-hybridized carbons (Fsp3) is 0.455. The lowest BCUT2D eigenvalue weighted by molar-refractivity contribution is 0.388. The molecule has 2 fully saturated rings. The van der Waals surface area contributed by atoms with Crippen molar-refractivity contribution in [3.05, 3.63) is 35.9 Å². The Kier molecular flexibility index (Phi) is 1.17. The Labute approximate surface area is 73.0 Å². The Balaban J connectivity index is 1.97. The number of hydrogen-bond acceptors (Lipinski definition) is 1. The molecule has 1 heteroatoms. The molecule has 0 radical (unpaired) electrons. The van der Waals surface area contributed by atoms with Gasteiger partial charge in [-0.05, 0) is 18.4 Å². The molecule has 1 heterocycles. The van der Waals surface area contributed by atoms with Crippen LogP contribution in [0, 0.1) is 0 Å². The second-order valence-corrected chi connectivity index (χ2v) is 3.88. The summed E-state index contributed by atoms with van der Waals surface area (Å²) < 4.78 is 0. The third-order valence-corrected chi connectivity index (χ3v) is 3.09. The fourth-order valence-electron chi connectivity index (χ4n) is 2.13. The van der Waals surface area contributed by atoms with Crippen LogP contribution in [0.5, 0.6) is 0 Å². The highest BCUT2D eigenvalue weighted by Gasteiger charge is 2.53. The zero-order chi connectivity index (χ0) is 8.02. The molecule has 1 aromatic carbocycles. The highest BCUT2D eigenvalue weighted by molar-refractivity contribution is 5.31. The van der Waals surface area contributed by atoms with Crippen molar-refractivity contribution in [2.75, 3.05) is 13.1 Å². The van der Waals surface area contributed by atoms with Crippen LogP contribution in [0.3, 0.4) is 0 Å². The van der Waals surface area contributed by atoms with Gasteiger partial charge in [0.05, 0.1) is 0 Å². The van der Waals surface area contributed by atoms with E-state index in [0.29, 0.717) is 5.54 Å². The molecule has 1 aliphatic heterocycles. The SMILES string of the molecule is c1ccc(C2(N3CC3)CC2)cc1. The molecule has 1 aromatic rings. The minimum Gasteiger partial charge on any atom is -0.291 e. The first-order chi connectivity index (χ1) is 5.92. The minimum absolute atomic E-state index is 0.487. The molecule has 1 aliphatic carbocycles. The largest absolute Gasteiger partial charge is 0.291 e. The smallest absolute Gasteiger partial charge is 0.0463 e. The zero-order valence-electron chi connectivity index (χ0n) is 7.16. The monoisotopic (exact) mass is 159 g/mol. The predicted octanol–water partition coefficient (Wildman–Crippen LogP) is 1.99. The molecule has 0 atom stereocenters. The van der Waals surface area contributed by atoms with Crippen molar-refractivity contribution >= 4 is 0 Å². The first kappa shape index (κ1) is 6.67. The van der Waals surface area contributed by atoms with E-state index in [-0.39, 0.29) is 0 Å². The number of hydrogen-bond donors (Lipinski definition) is 0. The fourth-order valence-corrected chi connectivity index (χ4v) is 2.13. The molecule has 1 saturated carbocycles. The Morgan fingerprint density at radius 1 is 1.00 bits per heavy atom. The standard InChI is InChI=1S/C11H13N/c1-2-4-10(5-3-1)11(6-7-11)12-8-9-12/h1-5H,6-9H2. The molecule has 3 rings (SSSR count). The zero-order valence-corrected chi connectivity index (χ0v) is 7.16.